The summed E-state index contributed by atoms with van der Waals surface area (Å²) in [5.41, 5.74) is 3.45. The molecule has 0 saturated heterocycles. The molecule has 0 bridgehead atoms. The maximum absolute atomic E-state index is 12.5. The molecule has 4 rings (SSSR count). The van der Waals surface area contributed by atoms with E-state index in [0.29, 0.717) is 11.0 Å². The van der Waals surface area contributed by atoms with E-state index in [-0.39, 0.29) is 0 Å². The molecule has 0 fully saturated rings. The van der Waals surface area contributed by atoms with Crippen LogP contribution in [0.15, 0.2) is 60.9 Å². The molecule has 8 heteroatoms. The lowest BCUT2D eigenvalue weighted by Crippen LogP contribution is -2.34. The summed E-state index contributed by atoms with van der Waals surface area (Å²) in [6.07, 6.45) is 4.98. The minimum atomic E-state index is -1.10. The topological polar surface area (TPSA) is 86.5 Å². The number of para-hydroxylation sites is 2. The number of nitrogens with one attached hydrogen (secondary N) is 2. The number of hydrogen-bond acceptors (Lipinski definition) is 6. The van der Waals surface area contributed by atoms with E-state index in [9.17, 15) is 9.59 Å². The molecule has 0 radical (unpaired) electrons. The summed E-state index contributed by atoms with van der Waals surface area (Å²) in [5.74, 6) is -2.19. The molecule has 0 atom stereocenters. The van der Waals surface area contributed by atoms with Crippen molar-refractivity contribution in [2.24, 2.45) is 0 Å². The fraction of sp³-hybridized carbons (Fsp3) is 0.250. The number of benzene rings is 2. The SMILES string of the molecule is CNCCc1cn(OC(=O)C(=O)On2cc(CCNC)c3ccccc32)c2ccccc12. The van der Waals surface area contributed by atoms with Gasteiger partial charge < -0.3 is 20.3 Å². The largest absolute Gasteiger partial charge is 0.444 e. The minimum Gasteiger partial charge on any atom is -0.325 e. The van der Waals surface area contributed by atoms with Crippen LogP contribution in [-0.2, 0) is 22.4 Å². The molecule has 0 saturated carbocycles. The predicted molar refractivity (Wildman–Crippen MR) is 122 cm³/mol. The first-order valence-corrected chi connectivity index (χ1v) is 10.5. The molecule has 2 aromatic carbocycles. The fourth-order valence-electron chi connectivity index (χ4n) is 3.76. The molecule has 2 aromatic heterocycles. The lowest BCUT2D eigenvalue weighted by Gasteiger charge is -2.07. The van der Waals surface area contributed by atoms with Crippen molar-refractivity contribution in [1.82, 2.24) is 20.1 Å². The Morgan fingerprint density at radius 2 is 1.12 bits per heavy atom. The number of nitrogens with zero attached hydrogens (tertiary/aromatic N) is 2. The average molecular weight is 434 g/mol. The second kappa shape index (κ2) is 9.67. The molecular weight excluding hydrogens is 408 g/mol. The summed E-state index contributed by atoms with van der Waals surface area (Å²) < 4.78 is 2.66. The summed E-state index contributed by atoms with van der Waals surface area (Å²) >= 11 is 0. The van der Waals surface area contributed by atoms with E-state index in [4.69, 9.17) is 9.68 Å². The van der Waals surface area contributed by atoms with Gasteiger partial charge in [-0.2, -0.15) is 9.46 Å². The van der Waals surface area contributed by atoms with Crippen LogP contribution in [-0.4, -0.2) is 48.6 Å². The van der Waals surface area contributed by atoms with Crippen molar-refractivity contribution >= 4 is 33.7 Å². The zero-order valence-electron chi connectivity index (χ0n) is 18.1. The van der Waals surface area contributed by atoms with Gasteiger partial charge in [0.05, 0.1) is 11.0 Å². The molecule has 0 aliphatic carbocycles. The quantitative estimate of drug-likeness (QED) is 0.411. The van der Waals surface area contributed by atoms with E-state index in [0.717, 1.165) is 47.8 Å². The first kappa shape index (κ1) is 21.6. The molecule has 2 heterocycles. The van der Waals surface area contributed by atoms with Crippen LogP contribution in [0.25, 0.3) is 21.8 Å². The van der Waals surface area contributed by atoms with Gasteiger partial charge in [0, 0.05) is 23.2 Å². The second-order valence-electron chi connectivity index (χ2n) is 7.46. The summed E-state index contributed by atoms with van der Waals surface area (Å²) in [5, 5.41) is 8.15. The number of hydrogen-bond donors (Lipinski definition) is 2. The number of fused-ring (bicyclic) bond motifs is 2. The molecule has 0 aliphatic heterocycles. The van der Waals surface area contributed by atoms with Gasteiger partial charge in [-0.15, -0.1) is 0 Å². The maximum atomic E-state index is 12.5. The van der Waals surface area contributed by atoms with Crippen LogP contribution in [0, 0.1) is 0 Å². The maximum Gasteiger partial charge on any atom is 0.444 e. The average Bonchev–Trinajstić information content (AvgIpc) is 3.34. The molecule has 0 amide bonds. The lowest BCUT2D eigenvalue weighted by molar-refractivity contribution is -0.167. The standard InChI is InChI=1S/C24H26N4O4/c1-25-13-11-17-15-27(21-9-5-3-7-19(17)21)31-23(29)24(30)32-28-16-18(12-14-26-2)20-8-4-6-10-22(20)28/h3-10,15-16,25-26H,11-14H2,1-2H3. The van der Waals surface area contributed by atoms with Gasteiger partial charge in [0.15, 0.2) is 0 Å². The van der Waals surface area contributed by atoms with E-state index in [1.54, 1.807) is 12.4 Å². The Bertz CT molecular complexity index is 1160. The van der Waals surface area contributed by atoms with Crippen molar-refractivity contribution < 1.29 is 19.3 Å². The first-order chi connectivity index (χ1) is 15.6. The third-order valence-corrected chi connectivity index (χ3v) is 5.34. The molecule has 0 spiro atoms. The Morgan fingerprint density at radius 1 is 0.719 bits per heavy atom. The van der Waals surface area contributed by atoms with Crippen LogP contribution in [0.1, 0.15) is 11.1 Å². The predicted octanol–water partition coefficient (Wildman–Crippen LogP) is 1.73. The van der Waals surface area contributed by atoms with Crippen molar-refractivity contribution in [3.63, 3.8) is 0 Å². The zero-order valence-corrected chi connectivity index (χ0v) is 18.1. The molecule has 0 unspecified atom stereocenters. The molecule has 166 valence electrons. The van der Waals surface area contributed by atoms with Crippen molar-refractivity contribution in [1.29, 1.82) is 0 Å². The Balaban J connectivity index is 1.54. The summed E-state index contributed by atoms with van der Waals surface area (Å²) in [6, 6.07) is 15.2. The van der Waals surface area contributed by atoms with E-state index >= 15 is 0 Å². The zero-order chi connectivity index (χ0) is 22.5. The number of carbonyl (C=O) groups excluding carboxylic acids is 2. The van der Waals surface area contributed by atoms with Gasteiger partial charge in [0.25, 0.3) is 0 Å². The van der Waals surface area contributed by atoms with Gasteiger partial charge in [-0.05, 0) is 63.3 Å². The van der Waals surface area contributed by atoms with Gasteiger partial charge in [-0.25, -0.2) is 9.59 Å². The molecule has 32 heavy (non-hydrogen) atoms. The minimum absolute atomic E-state index is 0.709. The van der Waals surface area contributed by atoms with Crippen LogP contribution in [0.4, 0.5) is 0 Å². The first-order valence-electron chi connectivity index (χ1n) is 10.5. The third kappa shape index (κ3) is 4.37. The van der Waals surface area contributed by atoms with Crippen LogP contribution >= 0.6 is 0 Å². The van der Waals surface area contributed by atoms with Crippen molar-refractivity contribution in [3.05, 3.63) is 72.1 Å². The highest BCUT2D eigenvalue weighted by Gasteiger charge is 2.23. The molecular formula is C24H26N4O4. The van der Waals surface area contributed by atoms with Crippen LogP contribution in [0.3, 0.4) is 0 Å². The van der Waals surface area contributed by atoms with Gasteiger partial charge in [-0.1, -0.05) is 36.4 Å². The van der Waals surface area contributed by atoms with Gasteiger partial charge in [-0.3, -0.25) is 0 Å². The monoisotopic (exact) mass is 434 g/mol. The fourth-order valence-corrected chi connectivity index (χ4v) is 3.76. The highest BCUT2D eigenvalue weighted by Crippen LogP contribution is 2.22. The lowest BCUT2D eigenvalue weighted by atomic mass is 10.1. The van der Waals surface area contributed by atoms with Crippen molar-refractivity contribution in [2.75, 3.05) is 27.2 Å². The Kier molecular flexibility index (Phi) is 6.53. The smallest absolute Gasteiger partial charge is 0.325 e. The second-order valence-corrected chi connectivity index (χ2v) is 7.46. The van der Waals surface area contributed by atoms with Gasteiger partial charge in [0.2, 0.25) is 0 Å². The van der Waals surface area contributed by atoms with E-state index in [1.807, 2.05) is 62.6 Å². The summed E-state index contributed by atoms with van der Waals surface area (Å²) in [7, 11) is 3.76. The van der Waals surface area contributed by atoms with Crippen LogP contribution in [0.5, 0.6) is 0 Å². The van der Waals surface area contributed by atoms with E-state index in [2.05, 4.69) is 10.6 Å². The van der Waals surface area contributed by atoms with E-state index < -0.39 is 11.9 Å². The Hall–Kier alpha value is -3.62. The van der Waals surface area contributed by atoms with Crippen LogP contribution in [0.2, 0.25) is 0 Å². The molecule has 8 nitrogen and oxygen atoms in total. The summed E-state index contributed by atoms with van der Waals surface area (Å²) in [4.78, 5) is 35.8. The van der Waals surface area contributed by atoms with Gasteiger partial charge in [0.1, 0.15) is 0 Å². The normalized spacial score (nSPS) is 11.2. The summed E-state index contributed by atoms with van der Waals surface area (Å²) in [6.45, 7) is 1.56. The van der Waals surface area contributed by atoms with Gasteiger partial charge >= 0.3 is 11.9 Å². The third-order valence-electron chi connectivity index (χ3n) is 5.34. The number of aromatic nitrogens is 2. The van der Waals surface area contributed by atoms with E-state index in [1.165, 1.54) is 9.46 Å². The van der Waals surface area contributed by atoms with Crippen LogP contribution < -0.4 is 20.3 Å². The van der Waals surface area contributed by atoms with Crippen molar-refractivity contribution in [3.8, 4) is 0 Å². The molecule has 4 aromatic rings. The molecule has 0 aliphatic rings. The Labute approximate surface area is 185 Å². The number of carbonyl (C=O) groups is 2. The Morgan fingerprint density at radius 3 is 1.53 bits per heavy atom. The highest BCUT2D eigenvalue weighted by atomic mass is 16.7. The number of likely N-dealkylation sites (N-methyl/N-ethyl adjacent to an activating group) is 2. The highest BCUT2D eigenvalue weighted by molar-refractivity contribution is 6.30. The van der Waals surface area contributed by atoms with Crippen molar-refractivity contribution in [2.45, 2.75) is 12.8 Å². The molecule has 2 N–H and O–H groups in total. The number of rotatable bonds is 8.